The Kier molecular flexibility index (Phi) is 47.4. The minimum absolute atomic E-state index is 0.0467. The van der Waals surface area contributed by atoms with Crippen LogP contribution in [0.25, 0.3) is 0 Å². The summed E-state index contributed by atoms with van der Waals surface area (Å²) in [6.45, 7) is 3.61. The van der Waals surface area contributed by atoms with Crippen LogP contribution in [0.15, 0.2) is 85.1 Å². The molecule has 0 rings (SSSR count). The van der Waals surface area contributed by atoms with Gasteiger partial charge in [0.2, 0.25) is 0 Å². The molecular formula is C54H94NO8P. The molecule has 0 bridgehead atoms. The summed E-state index contributed by atoms with van der Waals surface area (Å²) in [7, 11) is -4.39. The average Bonchev–Trinajstić information content (AvgIpc) is 3.28. The Morgan fingerprint density at radius 1 is 0.484 bits per heavy atom. The summed E-state index contributed by atoms with van der Waals surface area (Å²) >= 11 is 0. The number of unbranched alkanes of at least 4 members (excludes halogenated alkanes) is 20. The van der Waals surface area contributed by atoms with Crippen LogP contribution in [0.4, 0.5) is 0 Å². The second kappa shape index (κ2) is 49.6. The number of hydrogen-bond donors (Lipinski definition) is 2. The molecule has 0 aromatic heterocycles. The Bertz CT molecular complexity index is 1320. The smallest absolute Gasteiger partial charge is 0.462 e. The molecule has 0 radical (unpaired) electrons. The molecule has 3 N–H and O–H groups in total. The first-order chi connectivity index (χ1) is 31.3. The zero-order valence-electron chi connectivity index (χ0n) is 40.7. The molecule has 9 nitrogen and oxygen atoms in total. The van der Waals surface area contributed by atoms with Crippen LogP contribution >= 0.6 is 7.82 Å². The molecular weight excluding hydrogens is 822 g/mol. The summed E-state index contributed by atoms with van der Waals surface area (Å²) in [5.41, 5.74) is 5.36. The van der Waals surface area contributed by atoms with Crippen LogP contribution in [0.3, 0.4) is 0 Å². The van der Waals surface area contributed by atoms with Gasteiger partial charge in [-0.05, 0) is 70.6 Å². The third kappa shape index (κ3) is 48.6. The van der Waals surface area contributed by atoms with Gasteiger partial charge in [-0.1, -0.05) is 214 Å². The van der Waals surface area contributed by atoms with Gasteiger partial charge < -0.3 is 20.1 Å². The van der Waals surface area contributed by atoms with Crippen molar-refractivity contribution in [1.82, 2.24) is 0 Å². The van der Waals surface area contributed by atoms with Gasteiger partial charge in [0.25, 0.3) is 0 Å². The molecule has 64 heavy (non-hydrogen) atoms. The average molecular weight is 916 g/mol. The van der Waals surface area contributed by atoms with E-state index in [0.717, 1.165) is 96.3 Å². The topological polar surface area (TPSA) is 134 Å². The van der Waals surface area contributed by atoms with Crippen molar-refractivity contribution < 1.29 is 37.6 Å². The second-order valence-electron chi connectivity index (χ2n) is 16.7. The van der Waals surface area contributed by atoms with Gasteiger partial charge in [0.05, 0.1) is 13.2 Å². The van der Waals surface area contributed by atoms with Crippen LogP contribution in [-0.4, -0.2) is 49.3 Å². The number of rotatable bonds is 47. The third-order valence-electron chi connectivity index (χ3n) is 10.5. The molecule has 0 aromatic carbocycles. The van der Waals surface area contributed by atoms with Crippen LogP contribution < -0.4 is 5.73 Å². The van der Waals surface area contributed by atoms with Gasteiger partial charge >= 0.3 is 19.8 Å². The zero-order chi connectivity index (χ0) is 46.7. The highest BCUT2D eigenvalue weighted by atomic mass is 31.2. The molecule has 2 unspecified atom stereocenters. The molecule has 0 aliphatic heterocycles. The molecule has 0 spiro atoms. The molecule has 0 aliphatic rings. The quantitative estimate of drug-likeness (QED) is 0.0265. The van der Waals surface area contributed by atoms with Gasteiger partial charge in [0.1, 0.15) is 6.61 Å². The van der Waals surface area contributed by atoms with E-state index in [-0.39, 0.29) is 38.6 Å². The normalized spacial score (nSPS) is 13.9. The Morgan fingerprint density at radius 2 is 0.859 bits per heavy atom. The van der Waals surface area contributed by atoms with E-state index in [1.54, 1.807) is 0 Å². The minimum Gasteiger partial charge on any atom is -0.462 e. The largest absolute Gasteiger partial charge is 0.472 e. The Balaban J connectivity index is 4.12. The maximum Gasteiger partial charge on any atom is 0.472 e. The van der Waals surface area contributed by atoms with Crippen molar-refractivity contribution in [3.05, 3.63) is 85.1 Å². The van der Waals surface area contributed by atoms with Gasteiger partial charge in [-0.3, -0.25) is 18.6 Å². The number of carbonyl (C=O) groups excluding carboxylic acids is 2. The fraction of sp³-hybridized carbons (Fsp3) is 0.704. The van der Waals surface area contributed by atoms with E-state index >= 15 is 0 Å². The van der Waals surface area contributed by atoms with E-state index in [9.17, 15) is 19.0 Å². The zero-order valence-corrected chi connectivity index (χ0v) is 41.6. The van der Waals surface area contributed by atoms with Crippen molar-refractivity contribution in [3.63, 3.8) is 0 Å². The van der Waals surface area contributed by atoms with Crippen LogP contribution in [0.5, 0.6) is 0 Å². The van der Waals surface area contributed by atoms with Gasteiger partial charge in [0.15, 0.2) is 6.10 Å². The van der Waals surface area contributed by atoms with Crippen LogP contribution in [0.2, 0.25) is 0 Å². The molecule has 2 atom stereocenters. The van der Waals surface area contributed by atoms with Crippen molar-refractivity contribution in [2.75, 3.05) is 26.4 Å². The standard InChI is InChI=1S/C54H94NO8P/c1-3-5-7-9-11-13-15-17-19-21-22-23-24-25-26-27-28-29-30-31-33-35-37-39-41-43-45-47-54(57)63-52(51-62-64(58,59)61-49-48-55)50-60-53(56)46-44-42-40-38-36-34-32-20-18-16-14-12-10-8-6-4-2/h5,7,11,13,17,19,22-23,25-26,28-29,31,33,52H,3-4,6,8-10,12,14-16,18,20-21,24,27,30,32,34-51,55H2,1-2H3,(H,58,59)/b7-5-,13-11-,19-17-,23-22-,26-25-,29-28-,33-31-. The highest BCUT2D eigenvalue weighted by Gasteiger charge is 2.26. The van der Waals surface area contributed by atoms with Gasteiger partial charge in [0, 0.05) is 19.4 Å². The number of carbonyl (C=O) groups is 2. The van der Waals surface area contributed by atoms with Crippen molar-refractivity contribution in [2.24, 2.45) is 5.73 Å². The van der Waals surface area contributed by atoms with E-state index in [1.807, 2.05) is 0 Å². The van der Waals surface area contributed by atoms with E-state index in [1.165, 1.54) is 83.5 Å². The number of ether oxygens (including phenoxy) is 2. The lowest BCUT2D eigenvalue weighted by Crippen LogP contribution is -2.29. The summed E-state index contributed by atoms with van der Waals surface area (Å²) in [5.74, 6) is -0.850. The van der Waals surface area contributed by atoms with Crippen LogP contribution in [-0.2, 0) is 32.7 Å². The highest BCUT2D eigenvalue weighted by Crippen LogP contribution is 2.43. The van der Waals surface area contributed by atoms with Gasteiger partial charge in [-0.25, -0.2) is 4.57 Å². The van der Waals surface area contributed by atoms with Gasteiger partial charge in [-0.2, -0.15) is 0 Å². The summed E-state index contributed by atoms with van der Waals surface area (Å²) in [6, 6.07) is 0. The fourth-order valence-corrected chi connectivity index (χ4v) is 7.56. The molecule has 0 aliphatic carbocycles. The first-order valence-electron chi connectivity index (χ1n) is 25.6. The fourth-order valence-electron chi connectivity index (χ4n) is 6.79. The Morgan fingerprint density at radius 3 is 1.28 bits per heavy atom. The monoisotopic (exact) mass is 916 g/mol. The van der Waals surface area contributed by atoms with Crippen LogP contribution in [0.1, 0.15) is 213 Å². The lowest BCUT2D eigenvalue weighted by Gasteiger charge is -2.19. The molecule has 0 fully saturated rings. The number of phosphoric acid groups is 1. The van der Waals surface area contributed by atoms with E-state index in [4.69, 9.17) is 24.3 Å². The molecule has 0 heterocycles. The molecule has 0 saturated heterocycles. The highest BCUT2D eigenvalue weighted by molar-refractivity contribution is 7.47. The van der Waals surface area contributed by atoms with Gasteiger partial charge in [-0.15, -0.1) is 0 Å². The number of nitrogens with two attached hydrogens (primary N) is 1. The minimum atomic E-state index is -4.39. The maximum atomic E-state index is 12.7. The molecule has 10 heteroatoms. The van der Waals surface area contributed by atoms with Crippen molar-refractivity contribution in [3.8, 4) is 0 Å². The number of phosphoric ester groups is 1. The predicted molar refractivity (Wildman–Crippen MR) is 270 cm³/mol. The van der Waals surface area contributed by atoms with E-state index in [0.29, 0.717) is 6.42 Å². The number of esters is 2. The van der Waals surface area contributed by atoms with E-state index < -0.39 is 26.5 Å². The summed E-state index contributed by atoms with van der Waals surface area (Å²) in [6.07, 6.45) is 63.3. The first kappa shape index (κ1) is 61.2. The Labute approximate surface area is 392 Å². The summed E-state index contributed by atoms with van der Waals surface area (Å²) in [5, 5.41) is 0. The third-order valence-corrected chi connectivity index (χ3v) is 11.5. The Hall–Kier alpha value is -2.81. The van der Waals surface area contributed by atoms with E-state index in [2.05, 4.69) is 98.9 Å². The summed E-state index contributed by atoms with van der Waals surface area (Å²) < 4.78 is 32.9. The second-order valence-corrected chi connectivity index (χ2v) is 18.1. The molecule has 0 aromatic rings. The first-order valence-corrected chi connectivity index (χ1v) is 27.1. The predicted octanol–water partition coefficient (Wildman–Crippen LogP) is 15.6. The van der Waals surface area contributed by atoms with Crippen LogP contribution in [0, 0.1) is 0 Å². The molecule has 368 valence electrons. The molecule has 0 amide bonds. The van der Waals surface area contributed by atoms with Crippen molar-refractivity contribution in [1.29, 1.82) is 0 Å². The number of allylic oxidation sites excluding steroid dienone is 14. The van der Waals surface area contributed by atoms with Crippen molar-refractivity contribution in [2.45, 2.75) is 219 Å². The SMILES string of the molecule is CC/C=C\C/C=C\C/C=C\C/C=C\C/C=C\C/C=C\C/C=C\CCCCCCCC(=O)OC(COC(=O)CCCCCCCCCCCCCCCCCC)COP(=O)(O)OCCN. The van der Waals surface area contributed by atoms with Crippen molar-refractivity contribution >= 4 is 19.8 Å². The lowest BCUT2D eigenvalue weighted by atomic mass is 10.0. The summed E-state index contributed by atoms with van der Waals surface area (Å²) in [4.78, 5) is 35.0. The molecule has 0 saturated carbocycles. The maximum absolute atomic E-state index is 12.7. The number of hydrogen-bond acceptors (Lipinski definition) is 8. The lowest BCUT2D eigenvalue weighted by molar-refractivity contribution is -0.161.